The van der Waals surface area contributed by atoms with Gasteiger partial charge in [-0.2, -0.15) is 0 Å². The van der Waals surface area contributed by atoms with Crippen LogP contribution in [0.25, 0.3) is 11.3 Å². The summed E-state index contributed by atoms with van der Waals surface area (Å²) in [6, 6.07) is 12.2. The van der Waals surface area contributed by atoms with Gasteiger partial charge in [0, 0.05) is 29.2 Å². The molecule has 1 heterocycles. The highest BCUT2D eigenvalue weighted by atomic mass is 35.5. The average molecular weight is 555 g/mol. The van der Waals surface area contributed by atoms with Crippen LogP contribution in [0.3, 0.4) is 0 Å². The molecule has 0 spiro atoms. The van der Waals surface area contributed by atoms with E-state index in [1.807, 2.05) is 24.4 Å². The second kappa shape index (κ2) is 13.3. The lowest BCUT2D eigenvalue weighted by Gasteiger charge is -2.29. The molecule has 3 aromatic rings. The molecule has 1 fully saturated rings. The molecule has 1 saturated carbocycles. The van der Waals surface area contributed by atoms with Crippen LogP contribution in [-0.2, 0) is 17.8 Å². The summed E-state index contributed by atoms with van der Waals surface area (Å²) in [4.78, 5) is 18.5. The van der Waals surface area contributed by atoms with Gasteiger partial charge in [-0.3, -0.25) is 4.79 Å². The van der Waals surface area contributed by atoms with Crippen LogP contribution in [0.15, 0.2) is 60.8 Å². The van der Waals surface area contributed by atoms with Crippen molar-refractivity contribution >= 4 is 29.1 Å². The summed E-state index contributed by atoms with van der Waals surface area (Å²) in [5.74, 6) is 1.83. The van der Waals surface area contributed by atoms with Crippen molar-refractivity contribution < 1.29 is 9.90 Å². The number of halogens is 2. The SMILES string of the molecule is CC/C=C/Cn1cc(-c2ccc(Cl)cc2Cl)nc1[C@H](Cc1ccc(O)cc1)NC(=O)C1CCC(CC)CC1. The predicted octanol–water partition coefficient (Wildman–Crippen LogP) is 8.15. The van der Waals surface area contributed by atoms with E-state index in [4.69, 9.17) is 28.2 Å². The Hall–Kier alpha value is -2.76. The Bertz CT molecular complexity index is 1240. The number of phenolic OH excluding ortho intramolecular Hbond substituents is 1. The minimum atomic E-state index is -0.342. The van der Waals surface area contributed by atoms with E-state index >= 15 is 0 Å². The number of hydrogen-bond acceptors (Lipinski definition) is 3. The van der Waals surface area contributed by atoms with Crippen molar-refractivity contribution in [2.24, 2.45) is 11.8 Å². The topological polar surface area (TPSA) is 67.2 Å². The minimum Gasteiger partial charge on any atom is -0.508 e. The van der Waals surface area contributed by atoms with Crippen molar-refractivity contribution in [2.45, 2.75) is 71.4 Å². The van der Waals surface area contributed by atoms with Crippen LogP contribution in [0.2, 0.25) is 10.0 Å². The standard InChI is InChI=1S/C31H37Cl2N3O2/c1-3-5-6-17-36-20-29(26-16-13-24(32)19-27(26)33)34-30(36)28(18-22-9-14-25(37)15-10-22)35-31(38)23-11-7-21(4-2)8-12-23/h5-6,9-10,13-16,19-21,23,28,37H,3-4,7-8,11-12,17-18H2,1-2H3,(H,35,38)/b6-5+/t21?,23?,28-/m0/s1. The molecule has 0 radical (unpaired) electrons. The Morgan fingerprint density at radius 2 is 1.84 bits per heavy atom. The van der Waals surface area contributed by atoms with E-state index < -0.39 is 0 Å². The molecular weight excluding hydrogens is 517 g/mol. The van der Waals surface area contributed by atoms with Crippen molar-refractivity contribution in [3.8, 4) is 17.0 Å². The maximum absolute atomic E-state index is 13.5. The zero-order valence-corrected chi connectivity index (χ0v) is 23.7. The molecule has 0 bridgehead atoms. The Balaban J connectivity index is 1.69. The van der Waals surface area contributed by atoms with Gasteiger partial charge in [0.05, 0.1) is 16.8 Å². The number of nitrogens with zero attached hydrogens (tertiary/aromatic N) is 2. The van der Waals surface area contributed by atoms with Gasteiger partial charge in [0.2, 0.25) is 5.91 Å². The van der Waals surface area contributed by atoms with Crippen LogP contribution in [0.5, 0.6) is 5.75 Å². The first-order valence-electron chi connectivity index (χ1n) is 13.6. The minimum absolute atomic E-state index is 0.0219. The molecule has 7 heteroatoms. The maximum Gasteiger partial charge on any atom is 0.223 e. The molecule has 0 saturated heterocycles. The number of allylic oxidation sites excluding steroid dienone is 2. The molecule has 0 aliphatic heterocycles. The van der Waals surface area contributed by atoms with E-state index in [9.17, 15) is 9.90 Å². The van der Waals surface area contributed by atoms with Crippen molar-refractivity contribution in [1.82, 2.24) is 14.9 Å². The largest absolute Gasteiger partial charge is 0.508 e. The highest BCUT2D eigenvalue weighted by Crippen LogP contribution is 2.33. The third-order valence-electron chi connectivity index (χ3n) is 7.52. The fourth-order valence-electron chi connectivity index (χ4n) is 5.23. The Morgan fingerprint density at radius 3 is 2.50 bits per heavy atom. The van der Waals surface area contributed by atoms with Gasteiger partial charge >= 0.3 is 0 Å². The molecule has 1 amide bonds. The first kappa shape index (κ1) is 28.3. The van der Waals surface area contributed by atoms with E-state index in [0.29, 0.717) is 23.0 Å². The number of phenols is 1. The van der Waals surface area contributed by atoms with E-state index in [1.54, 1.807) is 24.3 Å². The fourth-order valence-corrected chi connectivity index (χ4v) is 5.74. The number of imidazole rings is 1. The highest BCUT2D eigenvalue weighted by Gasteiger charge is 2.29. The lowest BCUT2D eigenvalue weighted by atomic mass is 9.80. The summed E-state index contributed by atoms with van der Waals surface area (Å²) in [5, 5.41) is 14.2. The van der Waals surface area contributed by atoms with Crippen LogP contribution in [0.4, 0.5) is 0 Å². The van der Waals surface area contributed by atoms with Crippen LogP contribution in [0.1, 0.15) is 69.8 Å². The normalized spacial score (nSPS) is 18.5. The van der Waals surface area contributed by atoms with Gasteiger partial charge in [0.25, 0.3) is 0 Å². The van der Waals surface area contributed by atoms with Gasteiger partial charge in [-0.15, -0.1) is 0 Å². The van der Waals surface area contributed by atoms with Crippen LogP contribution in [0, 0.1) is 11.8 Å². The average Bonchev–Trinajstić information content (AvgIpc) is 3.33. The maximum atomic E-state index is 13.5. The van der Waals surface area contributed by atoms with Crippen LogP contribution in [-0.4, -0.2) is 20.6 Å². The van der Waals surface area contributed by atoms with Gasteiger partial charge in [-0.25, -0.2) is 4.98 Å². The monoisotopic (exact) mass is 553 g/mol. The second-order valence-electron chi connectivity index (χ2n) is 10.2. The lowest BCUT2D eigenvalue weighted by molar-refractivity contribution is -0.127. The number of hydrogen-bond donors (Lipinski definition) is 2. The molecule has 38 heavy (non-hydrogen) atoms. The molecule has 2 N–H and O–H groups in total. The zero-order valence-electron chi connectivity index (χ0n) is 22.2. The zero-order chi connectivity index (χ0) is 27.1. The number of benzene rings is 2. The van der Waals surface area contributed by atoms with Gasteiger partial charge in [0.1, 0.15) is 11.6 Å². The smallest absolute Gasteiger partial charge is 0.223 e. The van der Waals surface area contributed by atoms with E-state index in [-0.39, 0.29) is 23.6 Å². The summed E-state index contributed by atoms with van der Waals surface area (Å²) in [5.41, 5.74) is 2.54. The quantitative estimate of drug-likeness (QED) is 0.249. The number of rotatable bonds is 10. The molecule has 1 atom stereocenters. The number of aromatic nitrogens is 2. The molecule has 202 valence electrons. The van der Waals surface area contributed by atoms with Crippen LogP contribution < -0.4 is 5.32 Å². The number of carbonyl (C=O) groups is 1. The van der Waals surface area contributed by atoms with Crippen molar-refractivity contribution in [3.05, 3.63) is 82.2 Å². The second-order valence-corrected chi connectivity index (χ2v) is 11.0. The first-order chi connectivity index (χ1) is 18.4. The van der Waals surface area contributed by atoms with Crippen molar-refractivity contribution in [2.75, 3.05) is 0 Å². The third-order valence-corrected chi connectivity index (χ3v) is 8.07. The Labute approximate surface area is 235 Å². The summed E-state index contributed by atoms with van der Waals surface area (Å²) < 4.78 is 2.09. The molecule has 5 nitrogen and oxygen atoms in total. The molecule has 0 unspecified atom stereocenters. The van der Waals surface area contributed by atoms with Gasteiger partial charge in [-0.05, 0) is 80.3 Å². The lowest BCUT2D eigenvalue weighted by Crippen LogP contribution is -2.37. The van der Waals surface area contributed by atoms with E-state index in [1.165, 1.54) is 6.42 Å². The number of amides is 1. The number of aromatic hydroxyl groups is 1. The fraction of sp³-hybridized carbons (Fsp3) is 0.419. The summed E-state index contributed by atoms with van der Waals surface area (Å²) in [6.07, 6.45) is 13.0. The molecule has 1 aliphatic rings. The van der Waals surface area contributed by atoms with Gasteiger partial charge in [0.15, 0.2) is 0 Å². The summed E-state index contributed by atoms with van der Waals surface area (Å²) in [7, 11) is 0. The van der Waals surface area contributed by atoms with E-state index in [2.05, 4.69) is 35.9 Å². The number of carbonyl (C=O) groups excluding carboxylic acids is 1. The van der Waals surface area contributed by atoms with E-state index in [0.717, 1.165) is 60.7 Å². The van der Waals surface area contributed by atoms with Crippen molar-refractivity contribution in [3.63, 3.8) is 0 Å². The summed E-state index contributed by atoms with van der Waals surface area (Å²) >= 11 is 12.7. The highest BCUT2D eigenvalue weighted by molar-refractivity contribution is 6.36. The van der Waals surface area contributed by atoms with Gasteiger partial charge in [-0.1, -0.05) is 67.8 Å². The third kappa shape index (κ3) is 7.21. The first-order valence-corrected chi connectivity index (χ1v) is 14.4. The predicted molar refractivity (Wildman–Crippen MR) is 156 cm³/mol. The summed E-state index contributed by atoms with van der Waals surface area (Å²) in [6.45, 7) is 4.96. The molecule has 4 rings (SSSR count). The molecule has 2 aromatic carbocycles. The molecular formula is C31H37Cl2N3O2. The Kier molecular flexibility index (Phi) is 9.92. The Morgan fingerprint density at radius 1 is 1.11 bits per heavy atom. The molecule has 1 aromatic heterocycles. The van der Waals surface area contributed by atoms with Crippen molar-refractivity contribution in [1.29, 1.82) is 0 Å². The van der Waals surface area contributed by atoms with Crippen LogP contribution >= 0.6 is 23.2 Å². The molecule has 1 aliphatic carbocycles. The van der Waals surface area contributed by atoms with Gasteiger partial charge < -0.3 is 15.0 Å². The number of nitrogens with one attached hydrogen (secondary N) is 1.